The zero-order chi connectivity index (χ0) is 7.90. The Balaban J connectivity index is 2.03. The van der Waals surface area contributed by atoms with Gasteiger partial charge in [-0.3, -0.25) is 0 Å². The van der Waals surface area contributed by atoms with Gasteiger partial charge in [-0.25, -0.2) is 0 Å². The first-order valence-corrected chi connectivity index (χ1v) is 4.50. The summed E-state index contributed by atoms with van der Waals surface area (Å²) in [5, 5.41) is 9.39. The first-order valence-electron chi connectivity index (χ1n) is 4.50. The maximum Gasteiger partial charge on any atom is 0.0708 e. The largest absolute Gasteiger partial charge is 0.393 e. The third kappa shape index (κ3) is 1.00. The predicted octanol–water partition coefficient (Wildman–Crippen LogP) is 1.33. The molecule has 1 N–H and O–H groups in total. The summed E-state index contributed by atoms with van der Waals surface area (Å²) in [4.78, 5) is 0. The average molecular weight is 156 g/mol. The van der Waals surface area contributed by atoms with Gasteiger partial charge in [0.05, 0.1) is 11.7 Å². The van der Waals surface area contributed by atoms with Crippen LogP contribution in [0, 0.1) is 5.92 Å². The molecular formula is C9H16O2. The van der Waals surface area contributed by atoms with Gasteiger partial charge >= 0.3 is 0 Å². The van der Waals surface area contributed by atoms with Crippen molar-refractivity contribution >= 4 is 0 Å². The lowest BCUT2D eigenvalue weighted by Crippen LogP contribution is -2.53. The summed E-state index contributed by atoms with van der Waals surface area (Å²) in [5.74, 6) is 0.649. The van der Waals surface area contributed by atoms with E-state index >= 15 is 0 Å². The summed E-state index contributed by atoms with van der Waals surface area (Å²) in [6, 6.07) is 0. The Labute approximate surface area is 67.6 Å². The van der Waals surface area contributed by atoms with Gasteiger partial charge in [0.2, 0.25) is 0 Å². The zero-order valence-corrected chi connectivity index (χ0v) is 7.05. The van der Waals surface area contributed by atoms with Gasteiger partial charge in [0.25, 0.3) is 0 Å². The Morgan fingerprint density at radius 2 is 2.09 bits per heavy atom. The molecule has 2 aliphatic carbocycles. The molecule has 2 aliphatic rings. The molecule has 64 valence electrons. The molecular weight excluding hydrogens is 140 g/mol. The van der Waals surface area contributed by atoms with Crippen LogP contribution in [0.2, 0.25) is 0 Å². The maximum absolute atomic E-state index is 9.39. The standard InChI is InChI=1S/C9H16O2/c1-11-9-4-2-7(9)6-8(10)3-5-9/h7-8,10H,2-6H2,1H3. The van der Waals surface area contributed by atoms with E-state index < -0.39 is 0 Å². The number of rotatable bonds is 1. The van der Waals surface area contributed by atoms with E-state index in [2.05, 4.69) is 0 Å². The molecule has 2 heteroatoms. The van der Waals surface area contributed by atoms with Crippen molar-refractivity contribution in [1.82, 2.24) is 0 Å². The molecule has 0 spiro atoms. The molecule has 0 amide bonds. The van der Waals surface area contributed by atoms with E-state index in [-0.39, 0.29) is 11.7 Å². The number of methoxy groups -OCH3 is 1. The molecule has 0 radical (unpaired) electrons. The molecule has 2 fully saturated rings. The Hall–Kier alpha value is -0.0800. The number of aliphatic hydroxyl groups excluding tert-OH is 1. The lowest BCUT2D eigenvalue weighted by Gasteiger charge is -2.52. The minimum Gasteiger partial charge on any atom is -0.393 e. The fourth-order valence-electron chi connectivity index (χ4n) is 2.56. The van der Waals surface area contributed by atoms with Crippen molar-refractivity contribution in [2.24, 2.45) is 5.92 Å². The molecule has 0 saturated heterocycles. The Bertz CT molecular complexity index is 154. The second-order valence-electron chi connectivity index (χ2n) is 3.93. The van der Waals surface area contributed by atoms with Crippen LogP contribution in [0.25, 0.3) is 0 Å². The molecule has 0 heterocycles. The van der Waals surface area contributed by atoms with Gasteiger partial charge in [-0.2, -0.15) is 0 Å². The number of ether oxygens (including phenoxy) is 1. The van der Waals surface area contributed by atoms with Crippen LogP contribution in [-0.4, -0.2) is 23.9 Å². The molecule has 2 rings (SSSR count). The Morgan fingerprint density at radius 3 is 2.55 bits per heavy atom. The average Bonchev–Trinajstić information content (AvgIpc) is 1.98. The Morgan fingerprint density at radius 1 is 1.36 bits per heavy atom. The van der Waals surface area contributed by atoms with Crippen LogP contribution in [0.5, 0.6) is 0 Å². The minimum absolute atomic E-state index is 0.0522. The lowest BCUT2D eigenvalue weighted by molar-refractivity contribution is -0.164. The maximum atomic E-state index is 9.39. The van der Waals surface area contributed by atoms with E-state index in [1.807, 2.05) is 7.11 Å². The van der Waals surface area contributed by atoms with Crippen LogP contribution < -0.4 is 0 Å². The quantitative estimate of drug-likeness (QED) is 0.620. The van der Waals surface area contributed by atoms with Gasteiger partial charge in [-0.05, 0) is 38.0 Å². The third-order valence-electron chi connectivity index (χ3n) is 3.52. The van der Waals surface area contributed by atoms with E-state index in [1.54, 1.807) is 0 Å². The normalized spacial score (nSPS) is 49.6. The van der Waals surface area contributed by atoms with Crippen LogP contribution in [0.3, 0.4) is 0 Å². The summed E-state index contributed by atoms with van der Waals surface area (Å²) < 4.78 is 5.51. The highest BCUT2D eigenvalue weighted by Gasteiger charge is 2.49. The lowest BCUT2D eigenvalue weighted by atomic mass is 9.61. The van der Waals surface area contributed by atoms with Crippen molar-refractivity contribution in [2.45, 2.75) is 43.8 Å². The SMILES string of the molecule is COC12CCC(O)CC1CC2. The second-order valence-corrected chi connectivity index (χ2v) is 3.93. The first-order chi connectivity index (χ1) is 5.27. The van der Waals surface area contributed by atoms with Gasteiger partial charge in [0, 0.05) is 7.11 Å². The third-order valence-corrected chi connectivity index (χ3v) is 3.52. The van der Waals surface area contributed by atoms with Crippen molar-refractivity contribution in [3.05, 3.63) is 0 Å². The van der Waals surface area contributed by atoms with E-state index in [4.69, 9.17) is 4.74 Å². The van der Waals surface area contributed by atoms with E-state index in [0.717, 1.165) is 19.3 Å². The summed E-state index contributed by atoms with van der Waals surface area (Å²) in [6.45, 7) is 0. The molecule has 2 nitrogen and oxygen atoms in total. The molecule has 0 aromatic carbocycles. The number of fused-ring (bicyclic) bond motifs is 1. The molecule has 0 aliphatic heterocycles. The van der Waals surface area contributed by atoms with Crippen LogP contribution in [0.15, 0.2) is 0 Å². The van der Waals surface area contributed by atoms with Crippen LogP contribution in [0.1, 0.15) is 32.1 Å². The van der Waals surface area contributed by atoms with Gasteiger partial charge in [0.15, 0.2) is 0 Å². The van der Waals surface area contributed by atoms with E-state index in [1.165, 1.54) is 12.8 Å². The minimum atomic E-state index is -0.0522. The second kappa shape index (κ2) is 2.46. The predicted molar refractivity (Wildman–Crippen MR) is 42.3 cm³/mol. The van der Waals surface area contributed by atoms with E-state index in [0.29, 0.717) is 5.92 Å². The van der Waals surface area contributed by atoms with Gasteiger partial charge < -0.3 is 9.84 Å². The van der Waals surface area contributed by atoms with Crippen molar-refractivity contribution in [3.8, 4) is 0 Å². The van der Waals surface area contributed by atoms with E-state index in [9.17, 15) is 5.11 Å². The van der Waals surface area contributed by atoms with Crippen LogP contribution >= 0.6 is 0 Å². The Kier molecular flexibility index (Phi) is 1.69. The molecule has 0 aromatic rings. The zero-order valence-electron chi connectivity index (χ0n) is 7.05. The van der Waals surface area contributed by atoms with Gasteiger partial charge in [-0.1, -0.05) is 0 Å². The topological polar surface area (TPSA) is 29.5 Å². The molecule has 3 atom stereocenters. The first kappa shape index (κ1) is 7.56. The van der Waals surface area contributed by atoms with Gasteiger partial charge in [0.1, 0.15) is 0 Å². The molecule has 0 aromatic heterocycles. The summed E-state index contributed by atoms with van der Waals surface area (Å²) in [7, 11) is 1.81. The van der Waals surface area contributed by atoms with Crippen molar-refractivity contribution in [3.63, 3.8) is 0 Å². The number of hydrogen-bond donors (Lipinski definition) is 1. The van der Waals surface area contributed by atoms with Crippen molar-refractivity contribution < 1.29 is 9.84 Å². The number of hydrogen-bond acceptors (Lipinski definition) is 2. The fourth-order valence-corrected chi connectivity index (χ4v) is 2.56. The smallest absolute Gasteiger partial charge is 0.0708 e. The number of aliphatic hydroxyl groups is 1. The molecule has 11 heavy (non-hydrogen) atoms. The monoisotopic (exact) mass is 156 g/mol. The molecule has 2 saturated carbocycles. The van der Waals surface area contributed by atoms with Gasteiger partial charge in [-0.15, -0.1) is 0 Å². The van der Waals surface area contributed by atoms with Crippen molar-refractivity contribution in [2.75, 3.05) is 7.11 Å². The highest BCUT2D eigenvalue weighted by Crippen LogP contribution is 2.50. The highest BCUT2D eigenvalue weighted by atomic mass is 16.5. The summed E-state index contributed by atoms with van der Waals surface area (Å²) in [6.07, 6.45) is 5.38. The van der Waals surface area contributed by atoms with Crippen LogP contribution in [0.4, 0.5) is 0 Å². The van der Waals surface area contributed by atoms with Crippen molar-refractivity contribution in [1.29, 1.82) is 0 Å². The summed E-state index contributed by atoms with van der Waals surface area (Å²) >= 11 is 0. The molecule has 3 unspecified atom stereocenters. The highest BCUT2D eigenvalue weighted by molar-refractivity contribution is 5.01. The fraction of sp³-hybridized carbons (Fsp3) is 1.00. The summed E-state index contributed by atoms with van der Waals surface area (Å²) in [5.41, 5.74) is 0.180. The van der Waals surface area contributed by atoms with Crippen LogP contribution in [-0.2, 0) is 4.74 Å². The molecule has 0 bridgehead atoms.